The van der Waals surface area contributed by atoms with Crippen LogP contribution in [0.4, 0.5) is 5.69 Å². The monoisotopic (exact) mass is 369 g/mol. The minimum atomic E-state index is -5.09. The molecule has 0 aliphatic heterocycles. The first-order valence-electron chi connectivity index (χ1n) is 6.11. The van der Waals surface area contributed by atoms with Crippen LogP contribution in [-0.2, 0) is 8.53 Å². The molecule has 2 rings (SSSR count). The van der Waals surface area contributed by atoms with Gasteiger partial charge >= 0.3 is 88.1 Å². The van der Waals surface area contributed by atoms with Crippen LogP contribution in [0, 0.1) is 0 Å². The van der Waals surface area contributed by atoms with E-state index in [9.17, 15) is 13.6 Å². The number of phenols is 2. The Bertz CT molecular complexity index is 683. The summed E-state index contributed by atoms with van der Waals surface area (Å²) in [7, 11) is 0. The van der Waals surface area contributed by atoms with Crippen molar-refractivity contribution in [1.29, 1.82) is 0 Å². The molecule has 7 nitrogen and oxygen atoms in total. The van der Waals surface area contributed by atoms with Crippen molar-refractivity contribution in [3.63, 3.8) is 0 Å². The summed E-state index contributed by atoms with van der Waals surface area (Å²) in [5, 5.41) is 20.3. The third-order valence-electron chi connectivity index (χ3n) is 2.37. The molecule has 0 aliphatic carbocycles. The summed E-state index contributed by atoms with van der Waals surface area (Å²) in [6.45, 7) is 1.29. The van der Waals surface area contributed by atoms with Gasteiger partial charge < -0.3 is 5.11 Å². The number of rotatable bonds is 2. The Morgan fingerprint density at radius 1 is 1.05 bits per heavy atom. The molecule has 1 amide bonds. The van der Waals surface area contributed by atoms with Gasteiger partial charge in [0.15, 0.2) is 0 Å². The third kappa shape index (κ3) is 6.05. The molecule has 5 N–H and O–H groups in total. The van der Waals surface area contributed by atoms with Crippen LogP contribution >= 0.6 is 0 Å². The Morgan fingerprint density at radius 2 is 1.64 bits per heavy atom. The van der Waals surface area contributed by atoms with Crippen molar-refractivity contribution < 1.29 is 26.9 Å². The molecule has 0 radical (unpaired) electrons. The molecule has 22 heavy (non-hydrogen) atoms. The maximum atomic E-state index is 10.9. The van der Waals surface area contributed by atoms with Gasteiger partial charge in [0, 0.05) is 0 Å². The number of nitrogens with one attached hydrogen (secondary N) is 1. The van der Waals surface area contributed by atoms with Crippen molar-refractivity contribution in [3.05, 3.63) is 48.5 Å². The van der Waals surface area contributed by atoms with Crippen LogP contribution in [0.1, 0.15) is 6.92 Å². The number of amides is 1. The van der Waals surface area contributed by atoms with Gasteiger partial charge in [-0.05, 0) is 12.1 Å². The van der Waals surface area contributed by atoms with E-state index in [1.54, 1.807) is 24.3 Å². The van der Waals surface area contributed by atoms with Crippen molar-refractivity contribution in [2.24, 2.45) is 0 Å². The molecule has 8 heteroatoms. The van der Waals surface area contributed by atoms with E-state index in [4.69, 9.17) is 13.3 Å². The Labute approximate surface area is 129 Å². The van der Waals surface area contributed by atoms with E-state index in [1.165, 1.54) is 13.0 Å². The van der Waals surface area contributed by atoms with Crippen LogP contribution in [0.3, 0.4) is 0 Å². The zero-order chi connectivity index (χ0) is 16.8. The number of hydrogen-bond donors (Lipinski definition) is 5. The van der Waals surface area contributed by atoms with Gasteiger partial charge in [0.1, 0.15) is 5.75 Å². The van der Waals surface area contributed by atoms with Gasteiger partial charge in [-0.15, -0.1) is 0 Å². The average molecular weight is 369 g/mol. The Morgan fingerprint density at radius 3 is 2.00 bits per heavy atom. The van der Waals surface area contributed by atoms with E-state index in [1.807, 2.05) is 6.07 Å². The molecule has 0 saturated heterocycles. The number of phenolic OH excluding ortho intramolecular Hbond substituents is 2. The maximum absolute atomic E-state index is 10.9. The quantitative estimate of drug-likeness (QED) is 0.485. The average Bonchev–Trinajstić information content (AvgIpc) is 2.38. The second kappa shape index (κ2) is 7.70. The Kier molecular flexibility index (Phi) is 6.24. The van der Waals surface area contributed by atoms with Crippen LogP contribution in [0.2, 0.25) is 0 Å². The molecular weight excluding hydrogens is 353 g/mol. The molecule has 0 heterocycles. The molecule has 0 aliphatic rings. The van der Waals surface area contributed by atoms with Gasteiger partial charge in [0.25, 0.3) is 0 Å². The summed E-state index contributed by atoms with van der Waals surface area (Å²) in [4.78, 5) is 10.7. The second-order valence-corrected chi connectivity index (χ2v) is 7.56. The summed E-state index contributed by atoms with van der Waals surface area (Å²) in [5.41, 5.74) is 0.285. The van der Waals surface area contributed by atoms with E-state index < -0.39 is 24.3 Å². The SMILES string of the molecule is CC(=O)Nc1ccc([As](=O)(O)O)c(O)c1.Oc1ccccc1. The molecule has 2 aromatic carbocycles. The van der Waals surface area contributed by atoms with Gasteiger partial charge in [-0.1, -0.05) is 18.2 Å². The minimum absolute atomic E-state index is 0.285. The molecule has 2 aromatic rings. The number of aromatic hydroxyl groups is 2. The van der Waals surface area contributed by atoms with Gasteiger partial charge in [-0.25, -0.2) is 0 Å². The molecule has 0 spiro atoms. The standard InChI is InChI=1S/C8H10AsNO5.C6H6O/c1-5(11)10-6-2-3-7(8(12)4-6)9(13,14)15;7-6-4-2-1-3-5-6/h2-4,12H,1H3,(H,10,11)(H2,13,14,15);1-5,7H. The first-order valence-corrected chi connectivity index (χ1v) is 9.49. The van der Waals surface area contributed by atoms with E-state index in [0.717, 1.165) is 12.1 Å². The molecule has 0 saturated carbocycles. The third-order valence-corrected chi connectivity index (χ3v) is 4.48. The van der Waals surface area contributed by atoms with Crippen molar-refractivity contribution >= 4 is 30.1 Å². The summed E-state index contributed by atoms with van der Waals surface area (Å²) in [5.74, 6) is -0.528. The topological polar surface area (TPSA) is 127 Å². The fourth-order valence-corrected chi connectivity index (χ4v) is 2.80. The number of carbonyl (C=O) groups is 1. The Balaban J connectivity index is 0.000000287. The van der Waals surface area contributed by atoms with Gasteiger partial charge in [-0.2, -0.15) is 0 Å². The first-order chi connectivity index (χ1) is 10.2. The number of para-hydroxylation sites is 1. The fourth-order valence-electron chi connectivity index (χ4n) is 1.48. The zero-order valence-electron chi connectivity index (χ0n) is 11.7. The number of carbonyl (C=O) groups excluding carboxylic acids is 1. The maximum Gasteiger partial charge on any atom is 0.115 e. The number of anilines is 1. The second-order valence-electron chi connectivity index (χ2n) is 4.26. The number of benzene rings is 2. The van der Waals surface area contributed by atoms with E-state index >= 15 is 0 Å². The van der Waals surface area contributed by atoms with Crippen LogP contribution in [0.5, 0.6) is 11.5 Å². The molecule has 118 valence electrons. The fraction of sp³-hybridized carbons (Fsp3) is 0.0714. The predicted molar refractivity (Wildman–Crippen MR) is 81.0 cm³/mol. The molecule has 0 fully saturated rings. The van der Waals surface area contributed by atoms with Crippen molar-refractivity contribution in [3.8, 4) is 11.5 Å². The van der Waals surface area contributed by atoms with E-state index in [2.05, 4.69) is 5.32 Å². The van der Waals surface area contributed by atoms with Crippen molar-refractivity contribution in [1.82, 2.24) is 0 Å². The summed E-state index contributed by atoms with van der Waals surface area (Å²) in [6, 6.07) is 12.2. The van der Waals surface area contributed by atoms with Gasteiger partial charge in [-0.3, -0.25) is 0 Å². The molecule has 0 aromatic heterocycles. The summed E-state index contributed by atoms with van der Waals surface area (Å²) >= 11 is -5.09. The summed E-state index contributed by atoms with van der Waals surface area (Å²) < 4.78 is 28.2. The van der Waals surface area contributed by atoms with Crippen LogP contribution in [0.15, 0.2) is 48.5 Å². The normalized spacial score (nSPS) is 10.3. The molecule has 0 atom stereocenters. The van der Waals surface area contributed by atoms with Gasteiger partial charge in [0.05, 0.1) is 0 Å². The van der Waals surface area contributed by atoms with Crippen LogP contribution < -0.4 is 9.67 Å². The van der Waals surface area contributed by atoms with E-state index in [-0.39, 0.29) is 11.6 Å². The van der Waals surface area contributed by atoms with Crippen LogP contribution in [-0.4, -0.2) is 38.5 Å². The van der Waals surface area contributed by atoms with E-state index in [0.29, 0.717) is 5.75 Å². The van der Waals surface area contributed by atoms with Gasteiger partial charge in [0.2, 0.25) is 0 Å². The summed E-state index contributed by atoms with van der Waals surface area (Å²) in [6.07, 6.45) is 0. The molecule has 0 unspecified atom stereocenters. The predicted octanol–water partition coefficient (Wildman–Crippen LogP) is 0.304. The smallest absolute Gasteiger partial charge is 0.115 e. The van der Waals surface area contributed by atoms with Crippen molar-refractivity contribution in [2.45, 2.75) is 6.92 Å². The zero-order valence-corrected chi connectivity index (χ0v) is 13.5. The Hall–Kier alpha value is -2.21. The first kappa shape index (κ1) is 17.8. The van der Waals surface area contributed by atoms with Crippen molar-refractivity contribution in [2.75, 3.05) is 5.32 Å². The molecular formula is C14H16AsNO6. The molecule has 0 bridgehead atoms. The largest absolute Gasteiger partial charge is 0.508 e. The minimum Gasteiger partial charge on any atom is -0.508 e. The number of hydrogen-bond acceptors (Lipinski definition) is 4. The van der Waals surface area contributed by atoms with Crippen LogP contribution in [0.25, 0.3) is 0 Å².